The highest BCUT2D eigenvalue weighted by molar-refractivity contribution is 7.99. The Hall–Kier alpha value is -0.890. The lowest BCUT2D eigenvalue weighted by atomic mass is 10.1. The molecule has 2 heteroatoms. The molecule has 0 aliphatic heterocycles. The maximum Gasteiger partial charge on any atom is 0.0480 e. The summed E-state index contributed by atoms with van der Waals surface area (Å²) in [4.78, 5) is 1.32. The second kappa shape index (κ2) is 8.24. The minimum atomic E-state index is 0.542. The van der Waals surface area contributed by atoms with E-state index in [9.17, 15) is 0 Å². The van der Waals surface area contributed by atoms with E-state index in [0.717, 1.165) is 5.75 Å². The maximum atomic E-state index is 3.77. The minimum Gasteiger partial charge on any atom is -0.382 e. The van der Waals surface area contributed by atoms with Crippen LogP contribution in [0.15, 0.2) is 41.8 Å². The number of benzene rings is 1. The molecule has 1 unspecified atom stereocenters. The molecule has 0 saturated carbocycles. The topological polar surface area (TPSA) is 12.0 Å². The first-order valence-electron chi connectivity index (χ1n) is 6.37. The molecule has 0 spiro atoms. The van der Waals surface area contributed by atoms with Crippen LogP contribution in [0.25, 0.3) is 0 Å². The molecular weight excluding hydrogens is 226 g/mol. The lowest BCUT2D eigenvalue weighted by Gasteiger charge is -2.17. The van der Waals surface area contributed by atoms with Crippen molar-refractivity contribution in [2.45, 2.75) is 44.0 Å². The van der Waals surface area contributed by atoms with Gasteiger partial charge in [0.05, 0.1) is 0 Å². The Balaban J connectivity index is 2.59. The van der Waals surface area contributed by atoms with E-state index in [-0.39, 0.29) is 0 Å². The van der Waals surface area contributed by atoms with Crippen molar-refractivity contribution in [1.29, 1.82) is 0 Å². The summed E-state index contributed by atoms with van der Waals surface area (Å²) in [5.74, 6) is 0.960. The summed E-state index contributed by atoms with van der Waals surface area (Å²) in [5, 5.41) is 3.60. The second-order valence-corrected chi connectivity index (χ2v) is 5.35. The lowest BCUT2D eigenvalue weighted by Crippen LogP contribution is -2.15. The van der Waals surface area contributed by atoms with Gasteiger partial charge in [0.2, 0.25) is 0 Å². The number of nitrogens with one attached hydrogen (secondary N) is 1. The van der Waals surface area contributed by atoms with Gasteiger partial charge in [0, 0.05) is 22.4 Å². The summed E-state index contributed by atoms with van der Waals surface area (Å²) in [6.07, 6.45) is 5.73. The smallest absolute Gasteiger partial charge is 0.0480 e. The SMILES string of the molecule is C=CCSc1ccccc1NC(C)CCCC. The fraction of sp³-hybridized carbons (Fsp3) is 0.467. The van der Waals surface area contributed by atoms with Crippen molar-refractivity contribution in [1.82, 2.24) is 0 Å². The van der Waals surface area contributed by atoms with Gasteiger partial charge >= 0.3 is 0 Å². The number of hydrogen-bond donors (Lipinski definition) is 1. The molecule has 0 aliphatic carbocycles. The molecule has 0 fully saturated rings. The number of thioether (sulfide) groups is 1. The van der Waals surface area contributed by atoms with Crippen LogP contribution in [0.5, 0.6) is 0 Å². The van der Waals surface area contributed by atoms with Crippen molar-refractivity contribution in [3.63, 3.8) is 0 Å². The summed E-state index contributed by atoms with van der Waals surface area (Å²) in [7, 11) is 0. The average molecular weight is 249 g/mol. The van der Waals surface area contributed by atoms with Crippen LogP contribution in [-0.4, -0.2) is 11.8 Å². The Kier molecular flexibility index (Phi) is 6.87. The van der Waals surface area contributed by atoms with E-state index in [0.29, 0.717) is 6.04 Å². The average Bonchev–Trinajstić information content (AvgIpc) is 2.35. The zero-order chi connectivity index (χ0) is 12.5. The third-order valence-electron chi connectivity index (χ3n) is 2.64. The van der Waals surface area contributed by atoms with Crippen LogP contribution in [-0.2, 0) is 0 Å². The molecule has 17 heavy (non-hydrogen) atoms. The zero-order valence-corrected chi connectivity index (χ0v) is 11.7. The molecule has 0 radical (unpaired) electrons. The molecule has 0 bridgehead atoms. The van der Waals surface area contributed by atoms with E-state index >= 15 is 0 Å². The minimum absolute atomic E-state index is 0.542. The maximum absolute atomic E-state index is 3.77. The van der Waals surface area contributed by atoms with Crippen molar-refractivity contribution in [2.24, 2.45) is 0 Å². The van der Waals surface area contributed by atoms with Crippen molar-refractivity contribution in [2.75, 3.05) is 11.1 Å². The summed E-state index contributed by atoms with van der Waals surface area (Å²) in [5.41, 5.74) is 1.25. The van der Waals surface area contributed by atoms with E-state index < -0.39 is 0 Å². The predicted molar refractivity (Wildman–Crippen MR) is 80.0 cm³/mol. The van der Waals surface area contributed by atoms with Crippen molar-refractivity contribution >= 4 is 17.4 Å². The van der Waals surface area contributed by atoms with Gasteiger partial charge in [-0.1, -0.05) is 38.0 Å². The van der Waals surface area contributed by atoms with Gasteiger partial charge < -0.3 is 5.32 Å². The van der Waals surface area contributed by atoms with Gasteiger partial charge in [-0.3, -0.25) is 0 Å². The summed E-state index contributed by atoms with van der Waals surface area (Å²) in [6.45, 7) is 8.26. The molecule has 0 saturated heterocycles. The van der Waals surface area contributed by atoms with Crippen molar-refractivity contribution in [3.05, 3.63) is 36.9 Å². The first kappa shape index (κ1) is 14.2. The number of para-hydroxylation sites is 1. The fourth-order valence-corrected chi connectivity index (χ4v) is 2.46. The van der Waals surface area contributed by atoms with E-state index in [2.05, 4.69) is 50.0 Å². The predicted octanol–water partition coefficient (Wildman–Crippen LogP) is 4.96. The highest BCUT2D eigenvalue weighted by Gasteiger charge is 2.05. The van der Waals surface area contributed by atoms with Crippen LogP contribution < -0.4 is 5.32 Å². The van der Waals surface area contributed by atoms with Gasteiger partial charge in [-0.15, -0.1) is 18.3 Å². The second-order valence-electron chi connectivity index (χ2n) is 4.28. The molecule has 1 nitrogen and oxygen atoms in total. The largest absolute Gasteiger partial charge is 0.382 e. The molecule has 1 N–H and O–H groups in total. The standard InChI is InChI=1S/C15H23NS/c1-4-6-9-13(3)16-14-10-7-8-11-15(14)17-12-5-2/h5,7-8,10-11,13,16H,2,4,6,9,12H2,1,3H3. The highest BCUT2D eigenvalue weighted by atomic mass is 32.2. The monoisotopic (exact) mass is 249 g/mol. The van der Waals surface area contributed by atoms with E-state index in [1.165, 1.54) is 29.8 Å². The normalized spacial score (nSPS) is 12.1. The van der Waals surface area contributed by atoms with Gasteiger partial charge in [0.1, 0.15) is 0 Å². The number of unbranched alkanes of at least 4 members (excludes halogenated alkanes) is 1. The molecule has 0 aromatic heterocycles. The molecular formula is C15H23NS. The first-order valence-corrected chi connectivity index (χ1v) is 7.35. The molecule has 1 rings (SSSR count). The molecule has 1 aromatic carbocycles. The third kappa shape index (κ3) is 5.31. The van der Waals surface area contributed by atoms with Gasteiger partial charge in [0.15, 0.2) is 0 Å². The fourth-order valence-electron chi connectivity index (χ4n) is 1.71. The summed E-state index contributed by atoms with van der Waals surface area (Å²) < 4.78 is 0. The van der Waals surface area contributed by atoms with Gasteiger partial charge in [0.25, 0.3) is 0 Å². The van der Waals surface area contributed by atoms with Crippen LogP contribution in [0.1, 0.15) is 33.1 Å². The van der Waals surface area contributed by atoms with Crippen molar-refractivity contribution < 1.29 is 0 Å². The molecule has 0 amide bonds. The number of rotatable bonds is 8. The van der Waals surface area contributed by atoms with E-state index in [4.69, 9.17) is 0 Å². The first-order chi connectivity index (χ1) is 8.27. The molecule has 0 heterocycles. The number of hydrogen-bond acceptors (Lipinski definition) is 2. The quantitative estimate of drug-likeness (QED) is 0.516. The van der Waals surface area contributed by atoms with Crippen LogP contribution in [0, 0.1) is 0 Å². The summed E-state index contributed by atoms with van der Waals surface area (Å²) >= 11 is 1.83. The third-order valence-corrected chi connectivity index (χ3v) is 3.71. The van der Waals surface area contributed by atoms with Gasteiger partial charge in [-0.25, -0.2) is 0 Å². The Morgan fingerprint density at radius 3 is 2.88 bits per heavy atom. The summed E-state index contributed by atoms with van der Waals surface area (Å²) in [6, 6.07) is 9.05. The molecule has 1 atom stereocenters. The molecule has 1 aromatic rings. The Labute approximate surface area is 110 Å². The zero-order valence-electron chi connectivity index (χ0n) is 10.9. The van der Waals surface area contributed by atoms with Crippen molar-refractivity contribution in [3.8, 4) is 0 Å². The lowest BCUT2D eigenvalue weighted by molar-refractivity contribution is 0.644. The van der Waals surface area contributed by atoms with Gasteiger partial charge in [-0.05, 0) is 25.5 Å². The van der Waals surface area contributed by atoms with Crippen LogP contribution in [0.3, 0.4) is 0 Å². The van der Waals surface area contributed by atoms with E-state index in [1.54, 1.807) is 0 Å². The van der Waals surface area contributed by atoms with Gasteiger partial charge in [-0.2, -0.15) is 0 Å². The Morgan fingerprint density at radius 2 is 2.18 bits per heavy atom. The Bertz CT molecular complexity index is 335. The Morgan fingerprint density at radius 1 is 1.41 bits per heavy atom. The van der Waals surface area contributed by atoms with E-state index in [1.807, 2.05) is 17.8 Å². The van der Waals surface area contributed by atoms with Crippen LogP contribution in [0.4, 0.5) is 5.69 Å². The van der Waals surface area contributed by atoms with Crippen LogP contribution >= 0.6 is 11.8 Å². The number of anilines is 1. The molecule has 0 aliphatic rings. The van der Waals surface area contributed by atoms with Crippen LogP contribution in [0.2, 0.25) is 0 Å². The molecule has 94 valence electrons. The highest BCUT2D eigenvalue weighted by Crippen LogP contribution is 2.27.